The predicted octanol–water partition coefficient (Wildman–Crippen LogP) is 4.90. The lowest BCUT2D eigenvalue weighted by atomic mass is 9.97. The first-order valence-electron chi connectivity index (χ1n) is 8.43. The summed E-state index contributed by atoms with van der Waals surface area (Å²) < 4.78 is 2.35. The summed E-state index contributed by atoms with van der Waals surface area (Å²) in [5, 5.41) is 11.1. The zero-order valence-electron chi connectivity index (χ0n) is 14.3. The maximum atomic E-state index is 9.71. The van der Waals surface area contributed by atoms with Crippen LogP contribution in [0.1, 0.15) is 39.2 Å². The van der Waals surface area contributed by atoms with Crippen LogP contribution in [0.3, 0.4) is 0 Å². The molecule has 0 unspecified atom stereocenters. The third kappa shape index (κ3) is 2.63. The van der Waals surface area contributed by atoms with E-state index >= 15 is 0 Å². The van der Waals surface area contributed by atoms with E-state index in [2.05, 4.69) is 84.3 Å². The molecule has 0 saturated carbocycles. The normalized spacial score (nSPS) is 18.6. The summed E-state index contributed by atoms with van der Waals surface area (Å²) in [4.78, 5) is 0. The Morgan fingerprint density at radius 3 is 2.12 bits per heavy atom. The number of fused-ring (bicyclic) bond motifs is 1. The summed E-state index contributed by atoms with van der Waals surface area (Å²) >= 11 is 1.81. The first-order chi connectivity index (χ1) is 12.2. The Morgan fingerprint density at radius 2 is 1.52 bits per heavy atom. The molecule has 25 heavy (non-hydrogen) atoms. The third-order valence-electron chi connectivity index (χ3n) is 4.82. The van der Waals surface area contributed by atoms with Gasteiger partial charge in [0.25, 0.3) is 5.03 Å². The van der Waals surface area contributed by atoms with E-state index in [1.807, 2.05) is 18.7 Å². The minimum atomic E-state index is 0.191. The average Bonchev–Trinajstić information content (AvgIpc) is 3.04. The van der Waals surface area contributed by atoms with Crippen LogP contribution in [0.15, 0.2) is 71.8 Å². The van der Waals surface area contributed by atoms with Crippen molar-refractivity contribution in [3.8, 4) is 6.07 Å². The van der Waals surface area contributed by atoms with Crippen molar-refractivity contribution in [3.05, 3.63) is 94.7 Å². The Hall–Kier alpha value is -2.57. The van der Waals surface area contributed by atoms with Gasteiger partial charge in [0.1, 0.15) is 16.9 Å². The van der Waals surface area contributed by atoms with E-state index in [0.717, 1.165) is 16.2 Å². The standard InChI is InChI=1S/C22H19N2S/c1-15-13-16(2)24-20(17-9-5-3-6-10-17)21(18-11-7-4-8-12-18)25-22(24)19(15)14-23/h3-13,20-21H,1-2H3/q+1/t20-,21-/m0/s1. The molecule has 2 heterocycles. The Kier molecular flexibility index (Phi) is 4.07. The Labute approximate surface area is 152 Å². The maximum Gasteiger partial charge on any atom is 0.259 e. The average molecular weight is 343 g/mol. The summed E-state index contributed by atoms with van der Waals surface area (Å²) in [5.41, 5.74) is 5.63. The van der Waals surface area contributed by atoms with Crippen molar-refractivity contribution in [2.24, 2.45) is 0 Å². The molecule has 0 saturated heterocycles. The Balaban J connectivity index is 1.97. The van der Waals surface area contributed by atoms with Gasteiger partial charge in [-0.15, -0.1) is 0 Å². The molecule has 0 bridgehead atoms. The lowest BCUT2D eigenvalue weighted by Crippen LogP contribution is -2.43. The molecule has 2 aromatic carbocycles. The molecule has 1 aliphatic rings. The minimum Gasteiger partial charge on any atom is -0.192 e. The van der Waals surface area contributed by atoms with Crippen LogP contribution in [0, 0.1) is 25.2 Å². The molecule has 1 aromatic heterocycles. The van der Waals surface area contributed by atoms with Gasteiger partial charge in [0.2, 0.25) is 6.04 Å². The molecule has 0 aliphatic carbocycles. The highest BCUT2D eigenvalue weighted by Crippen LogP contribution is 2.49. The van der Waals surface area contributed by atoms with Gasteiger partial charge in [0, 0.05) is 18.6 Å². The van der Waals surface area contributed by atoms with E-state index in [1.165, 1.54) is 16.8 Å². The number of nitriles is 1. The van der Waals surface area contributed by atoms with Crippen LogP contribution >= 0.6 is 11.8 Å². The zero-order chi connectivity index (χ0) is 17.4. The molecule has 0 N–H and O–H groups in total. The second-order valence-electron chi connectivity index (χ2n) is 6.44. The molecule has 0 amide bonds. The monoisotopic (exact) mass is 343 g/mol. The van der Waals surface area contributed by atoms with E-state index in [-0.39, 0.29) is 11.3 Å². The number of hydrogen-bond acceptors (Lipinski definition) is 2. The molecule has 3 aromatic rings. The lowest BCUT2D eigenvalue weighted by Gasteiger charge is -2.16. The summed E-state index contributed by atoms with van der Waals surface area (Å²) in [5.74, 6) is 0. The number of pyridine rings is 1. The van der Waals surface area contributed by atoms with Gasteiger partial charge < -0.3 is 0 Å². The Bertz CT molecular complexity index is 959. The molecule has 2 atom stereocenters. The fraction of sp³-hybridized carbons (Fsp3) is 0.182. The van der Waals surface area contributed by atoms with Crippen LogP contribution in [-0.2, 0) is 0 Å². The number of hydrogen-bond donors (Lipinski definition) is 0. The molecule has 4 rings (SSSR count). The van der Waals surface area contributed by atoms with Crippen LogP contribution < -0.4 is 4.57 Å². The zero-order valence-corrected chi connectivity index (χ0v) is 15.1. The van der Waals surface area contributed by atoms with Crippen molar-refractivity contribution < 1.29 is 4.57 Å². The summed E-state index contributed by atoms with van der Waals surface area (Å²) in [6, 6.07) is 26.0. The first-order valence-corrected chi connectivity index (χ1v) is 9.31. The van der Waals surface area contributed by atoms with E-state index < -0.39 is 0 Å². The number of thioether (sulfide) groups is 1. The lowest BCUT2D eigenvalue weighted by molar-refractivity contribution is -0.748. The summed E-state index contributed by atoms with van der Waals surface area (Å²) in [6.45, 7) is 4.17. The number of rotatable bonds is 2. The van der Waals surface area contributed by atoms with Crippen molar-refractivity contribution in [2.45, 2.75) is 30.2 Å². The molecule has 122 valence electrons. The SMILES string of the molecule is Cc1cc(C)[n+]2c(c1C#N)S[C@@H](c1ccccc1)[C@@H]2c1ccccc1. The van der Waals surface area contributed by atoms with Gasteiger partial charge >= 0.3 is 0 Å². The van der Waals surface area contributed by atoms with Crippen LogP contribution in [0.25, 0.3) is 0 Å². The van der Waals surface area contributed by atoms with Gasteiger partial charge in [0.05, 0.1) is 0 Å². The molecular formula is C22H19N2S+. The van der Waals surface area contributed by atoms with Crippen molar-refractivity contribution in [1.82, 2.24) is 0 Å². The van der Waals surface area contributed by atoms with E-state index in [4.69, 9.17) is 0 Å². The molecule has 0 spiro atoms. The van der Waals surface area contributed by atoms with Crippen molar-refractivity contribution in [1.29, 1.82) is 5.26 Å². The first kappa shape index (κ1) is 15.9. The van der Waals surface area contributed by atoms with Gasteiger partial charge in [-0.25, -0.2) is 0 Å². The van der Waals surface area contributed by atoms with Crippen LogP contribution in [-0.4, -0.2) is 0 Å². The fourth-order valence-corrected chi connectivity index (χ4v) is 5.33. The molecule has 3 heteroatoms. The molecule has 0 fully saturated rings. The van der Waals surface area contributed by atoms with Gasteiger partial charge in [-0.2, -0.15) is 9.83 Å². The topological polar surface area (TPSA) is 27.7 Å². The van der Waals surface area contributed by atoms with Crippen LogP contribution in [0.5, 0.6) is 0 Å². The largest absolute Gasteiger partial charge is 0.259 e. The van der Waals surface area contributed by atoms with Crippen molar-refractivity contribution in [2.75, 3.05) is 0 Å². The van der Waals surface area contributed by atoms with Gasteiger partial charge in [-0.3, -0.25) is 0 Å². The quantitative estimate of drug-likeness (QED) is 0.619. The van der Waals surface area contributed by atoms with E-state index in [9.17, 15) is 5.26 Å². The Morgan fingerprint density at radius 1 is 0.920 bits per heavy atom. The van der Waals surface area contributed by atoms with Crippen LogP contribution in [0.2, 0.25) is 0 Å². The molecule has 0 radical (unpaired) electrons. The molecule has 2 nitrogen and oxygen atoms in total. The summed E-state index contributed by atoms with van der Waals surface area (Å²) in [7, 11) is 0. The smallest absolute Gasteiger partial charge is 0.192 e. The highest BCUT2D eigenvalue weighted by molar-refractivity contribution is 7.99. The van der Waals surface area contributed by atoms with Crippen molar-refractivity contribution >= 4 is 11.8 Å². The number of nitrogens with zero attached hydrogens (tertiary/aromatic N) is 2. The highest BCUT2D eigenvalue weighted by atomic mass is 32.2. The van der Waals surface area contributed by atoms with E-state index in [0.29, 0.717) is 0 Å². The van der Waals surface area contributed by atoms with Gasteiger partial charge in [-0.1, -0.05) is 60.7 Å². The summed E-state index contributed by atoms with van der Waals surface area (Å²) in [6.07, 6.45) is 0. The van der Waals surface area contributed by atoms with Gasteiger partial charge in [0.15, 0.2) is 5.69 Å². The minimum absolute atomic E-state index is 0.191. The van der Waals surface area contributed by atoms with E-state index in [1.54, 1.807) is 0 Å². The molecule has 1 aliphatic heterocycles. The fourth-order valence-electron chi connectivity index (χ4n) is 3.69. The number of benzene rings is 2. The highest BCUT2D eigenvalue weighted by Gasteiger charge is 2.46. The van der Waals surface area contributed by atoms with Gasteiger partial charge in [-0.05, 0) is 29.8 Å². The molecular weight excluding hydrogens is 324 g/mol. The maximum absolute atomic E-state index is 9.71. The van der Waals surface area contributed by atoms with Crippen molar-refractivity contribution in [3.63, 3.8) is 0 Å². The second-order valence-corrected chi connectivity index (χ2v) is 7.57. The number of aryl methyl sites for hydroxylation is 2. The predicted molar refractivity (Wildman–Crippen MR) is 100 cm³/mol. The third-order valence-corrected chi connectivity index (χ3v) is 6.22. The second kappa shape index (κ2) is 6.38. The number of aromatic nitrogens is 1. The van der Waals surface area contributed by atoms with Crippen LogP contribution in [0.4, 0.5) is 0 Å².